The van der Waals surface area contributed by atoms with E-state index in [4.69, 9.17) is 4.74 Å². The zero-order valence-corrected chi connectivity index (χ0v) is 28.2. The van der Waals surface area contributed by atoms with E-state index in [-0.39, 0.29) is 43.5 Å². The number of carbonyl (C=O) groups is 2. The summed E-state index contributed by atoms with van der Waals surface area (Å²) in [5.41, 5.74) is 3.67. The number of aryl methyl sites for hydroxylation is 3. The number of hydrogen-bond donors (Lipinski definition) is 1. The van der Waals surface area contributed by atoms with Gasteiger partial charge in [-0.15, -0.1) is 0 Å². The lowest BCUT2D eigenvalue weighted by molar-refractivity contribution is -0.144. The highest BCUT2D eigenvalue weighted by molar-refractivity contribution is 5.82. The molecular formula is C37H46F3N3O4. The SMILES string of the molecule is CCOC(=O)CC(NC(=O)C(CC(C)C)n1cc(CCN2CC(CF)C2)cc(F)c1=O)c1cc(-c2c(C)cccc2C)cc(C)c1F. The summed E-state index contributed by atoms with van der Waals surface area (Å²) in [6.45, 7) is 12.5. The number of carbonyl (C=O) groups excluding carboxylic acids is 2. The molecule has 7 nitrogen and oxygen atoms in total. The molecule has 1 aliphatic rings. The Balaban J connectivity index is 1.72. The fourth-order valence-corrected chi connectivity index (χ4v) is 6.39. The van der Waals surface area contributed by atoms with Gasteiger partial charge in [0.05, 0.1) is 25.7 Å². The maximum Gasteiger partial charge on any atom is 0.308 e. The maximum absolute atomic E-state index is 15.9. The first-order valence-corrected chi connectivity index (χ1v) is 16.3. The Bertz CT molecular complexity index is 1630. The minimum atomic E-state index is -1.13. The Morgan fingerprint density at radius 2 is 1.72 bits per heavy atom. The molecule has 3 aromatic rings. The predicted molar refractivity (Wildman–Crippen MR) is 177 cm³/mol. The summed E-state index contributed by atoms with van der Waals surface area (Å²) in [6.07, 6.45) is 1.75. The number of alkyl halides is 1. The van der Waals surface area contributed by atoms with E-state index in [1.807, 2.05) is 45.9 Å². The van der Waals surface area contributed by atoms with Crippen LogP contribution in [0.15, 0.2) is 47.4 Å². The maximum atomic E-state index is 15.9. The van der Waals surface area contributed by atoms with Gasteiger partial charge in [-0.25, -0.2) is 8.78 Å². The minimum absolute atomic E-state index is 0.0115. The Hall–Kier alpha value is -3.92. The van der Waals surface area contributed by atoms with Crippen molar-refractivity contribution in [2.75, 3.05) is 32.9 Å². The second-order valence-electron chi connectivity index (χ2n) is 13.1. The fourth-order valence-electron chi connectivity index (χ4n) is 6.39. The van der Waals surface area contributed by atoms with Crippen LogP contribution in [0.5, 0.6) is 0 Å². The molecule has 2 atom stereocenters. The Kier molecular flexibility index (Phi) is 12.1. The summed E-state index contributed by atoms with van der Waals surface area (Å²) in [5, 5.41) is 2.84. The third-order valence-electron chi connectivity index (χ3n) is 8.78. The van der Waals surface area contributed by atoms with E-state index in [1.165, 1.54) is 12.3 Å². The van der Waals surface area contributed by atoms with Crippen LogP contribution in [0.25, 0.3) is 11.1 Å². The number of hydrogen-bond acceptors (Lipinski definition) is 5. The van der Waals surface area contributed by atoms with E-state index in [0.29, 0.717) is 37.2 Å². The van der Waals surface area contributed by atoms with Crippen molar-refractivity contribution in [2.45, 2.75) is 72.9 Å². The molecule has 1 saturated heterocycles. The molecule has 4 rings (SSSR count). The van der Waals surface area contributed by atoms with E-state index in [2.05, 4.69) is 10.2 Å². The monoisotopic (exact) mass is 653 g/mol. The first-order chi connectivity index (χ1) is 22.3. The van der Waals surface area contributed by atoms with Crippen LogP contribution in [0.2, 0.25) is 0 Å². The number of rotatable bonds is 14. The molecule has 0 spiro atoms. The molecule has 0 radical (unpaired) electrons. The number of benzene rings is 2. The second-order valence-corrected chi connectivity index (χ2v) is 13.1. The molecule has 1 amide bonds. The van der Waals surface area contributed by atoms with Gasteiger partial charge in [0.1, 0.15) is 11.9 Å². The molecule has 0 saturated carbocycles. The average molecular weight is 654 g/mol. The molecule has 1 aromatic heterocycles. The van der Waals surface area contributed by atoms with E-state index in [9.17, 15) is 18.8 Å². The van der Waals surface area contributed by atoms with Crippen LogP contribution in [-0.4, -0.2) is 54.3 Å². The van der Waals surface area contributed by atoms with Crippen LogP contribution in [0.3, 0.4) is 0 Å². The Morgan fingerprint density at radius 3 is 2.34 bits per heavy atom. The zero-order chi connectivity index (χ0) is 34.4. The van der Waals surface area contributed by atoms with E-state index in [1.54, 1.807) is 26.0 Å². The van der Waals surface area contributed by atoms with Crippen molar-refractivity contribution in [3.63, 3.8) is 0 Å². The predicted octanol–water partition coefficient (Wildman–Crippen LogP) is 6.56. The van der Waals surface area contributed by atoms with Gasteiger partial charge in [0.15, 0.2) is 5.82 Å². The van der Waals surface area contributed by atoms with Crippen LogP contribution < -0.4 is 10.9 Å². The van der Waals surface area contributed by atoms with Gasteiger partial charge >= 0.3 is 5.97 Å². The zero-order valence-electron chi connectivity index (χ0n) is 28.2. The molecule has 2 unspecified atom stereocenters. The average Bonchev–Trinajstić information content (AvgIpc) is 2.98. The van der Waals surface area contributed by atoms with Gasteiger partial charge in [-0.2, -0.15) is 0 Å². The summed E-state index contributed by atoms with van der Waals surface area (Å²) in [7, 11) is 0. The number of nitrogens with zero attached hydrogens (tertiary/aromatic N) is 2. The van der Waals surface area contributed by atoms with Crippen LogP contribution >= 0.6 is 0 Å². The fraction of sp³-hybridized carbons (Fsp3) is 0.486. The molecule has 1 N–H and O–H groups in total. The molecule has 1 fully saturated rings. The first kappa shape index (κ1) is 35.9. The van der Waals surface area contributed by atoms with Crippen molar-refractivity contribution < 1.29 is 27.5 Å². The number of likely N-dealkylation sites (tertiary alicyclic amines) is 1. The number of aromatic nitrogens is 1. The minimum Gasteiger partial charge on any atom is -0.466 e. The van der Waals surface area contributed by atoms with Gasteiger partial charge in [0.2, 0.25) is 5.91 Å². The van der Waals surface area contributed by atoms with Crippen molar-refractivity contribution in [3.05, 3.63) is 92.4 Å². The largest absolute Gasteiger partial charge is 0.466 e. The molecule has 1 aliphatic heterocycles. The number of esters is 1. The number of ether oxygens (including phenoxy) is 1. The topological polar surface area (TPSA) is 80.6 Å². The van der Waals surface area contributed by atoms with Gasteiger partial charge in [-0.3, -0.25) is 18.8 Å². The lowest BCUT2D eigenvalue weighted by Crippen LogP contribution is -2.48. The number of amides is 1. The standard InChI is InChI=1S/C37H46F3N3O4/c1-7-47-33(44)17-31(29-16-28(14-25(6)35(29)40)34-23(4)9-8-10-24(34)5)41-36(45)32(13-22(2)3)43-21-26(15-30(39)37(43)46)11-12-42-19-27(18-38)20-42/h8-10,14-16,21-22,27,31-32H,7,11-13,17-20H2,1-6H3,(H,41,45). The third kappa shape index (κ3) is 8.71. The van der Waals surface area contributed by atoms with Crippen LogP contribution in [0.1, 0.15) is 73.5 Å². The quantitative estimate of drug-likeness (QED) is 0.200. The van der Waals surface area contributed by atoms with Crippen LogP contribution in [-0.2, 0) is 20.7 Å². The second kappa shape index (κ2) is 15.8. The Labute approximate surface area is 275 Å². The van der Waals surface area contributed by atoms with Gasteiger partial charge in [0, 0.05) is 37.3 Å². The lowest BCUT2D eigenvalue weighted by Gasteiger charge is -2.37. The highest BCUT2D eigenvalue weighted by Gasteiger charge is 2.31. The van der Waals surface area contributed by atoms with Crippen molar-refractivity contribution in [3.8, 4) is 11.1 Å². The van der Waals surface area contributed by atoms with Crippen molar-refractivity contribution in [2.24, 2.45) is 11.8 Å². The van der Waals surface area contributed by atoms with Gasteiger partial charge in [-0.05, 0) is 98.0 Å². The van der Waals surface area contributed by atoms with Crippen molar-refractivity contribution in [1.29, 1.82) is 0 Å². The molecule has 2 heterocycles. The molecular weight excluding hydrogens is 607 g/mol. The van der Waals surface area contributed by atoms with Gasteiger partial charge in [-0.1, -0.05) is 32.0 Å². The van der Waals surface area contributed by atoms with E-state index in [0.717, 1.165) is 26.8 Å². The molecule has 0 aliphatic carbocycles. The summed E-state index contributed by atoms with van der Waals surface area (Å²) in [4.78, 5) is 42.1. The highest BCUT2D eigenvalue weighted by atomic mass is 19.1. The molecule has 47 heavy (non-hydrogen) atoms. The lowest BCUT2D eigenvalue weighted by atomic mass is 9.90. The number of nitrogens with one attached hydrogen (secondary N) is 1. The summed E-state index contributed by atoms with van der Waals surface area (Å²) in [5.74, 6) is -2.88. The smallest absolute Gasteiger partial charge is 0.308 e. The Morgan fingerprint density at radius 1 is 1.04 bits per heavy atom. The molecule has 254 valence electrons. The van der Waals surface area contributed by atoms with Crippen LogP contribution in [0.4, 0.5) is 13.2 Å². The van der Waals surface area contributed by atoms with E-state index >= 15 is 8.78 Å². The number of halogens is 3. The third-order valence-corrected chi connectivity index (χ3v) is 8.78. The summed E-state index contributed by atoms with van der Waals surface area (Å²) >= 11 is 0. The normalized spacial score (nSPS) is 14.9. The molecule has 2 aromatic carbocycles. The van der Waals surface area contributed by atoms with Crippen molar-refractivity contribution >= 4 is 11.9 Å². The molecule has 10 heteroatoms. The van der Waals surface area contributed by atoms with E-state index < -0.39 is 41.2 Å². The first-order valence-electron chi connectivity index (χ1n) is 16.3. The van der Waals surface area contributed by atoms with Gasteiger partial charge < -0.3 is 19.5 Å². The summed E-state index contributed by atoms with van der Waals surface area (Å²) in [6, 6.07) is 8.17. The van der Waals surface area contributed by atoms with Crippen LogP contribution in [0, 0.1) is 44.2 Å². The summed E-state index contributed by atoms with van der Waals surface area (Å²) < 4.78 is 50.2. The van der Waals surface area contributed by atoms with Gasteiger partial charge in [0.25, 0.3) is 5.56 Å². The van der Waals surface area contributed by atoms with Crippen molar-refractivity contribution in [1.82, 2.24) is 14.8 Å². The highest BCUT2D eigenvalue weighted by Crippen LogP contribution is 2.34. The number of pyridine rings is 1. The molecule has 0 bridgehead atoms.